The lowest BCUT2D eigenvalue weighted by atomic mass is 10.0. The van der Waals surface area contributed by atoms with Crippen LogP contribution in [-0.4, -0.2) is 20.9 Å². The van der Waals surface area contributed by atoms with Gasteiger partial charge in [0.05, 0.1) is 11.0 Å². The molecule has 122 valence electrons. The smallest absolute Gasteiger partial charge is 0.295 e. The minimum absolute atomic E-state index is 0.0245. The van der Waals surface area contributed by atoms with Crippen LogP contribution in [0, 0.1) is 5.82 Å². The second kappa shape index (κ2) is 5.33. The Morgan fingerprint density at radius 2 is 1.96 bits per heavy atom. The molecule has 3 rings (SSSR count). The highest BCUT2D eigenvalue weighted by Gasteiger charge is 2.32. The van der Waals surface area contributed by atoms with Crippen LogP contribution in [0.15, 0.2) is 16.9 Å². The highest BCUT2D eigenvalue weighted by Crippen LogP contribution is 2.29. The van der Waals surface area contributed by atoms with Crippen molar-refractivity contribution in [3.63, 3.8) is 0 Å². The first-order chi connectivity index (χ1) is 10.8. The zero-order valence-corrected chi connectivity index (χ0v) is 13.2. The highest BCUT2D eigenvalue weighted by molar-refractivity contribution is 6.00. The Kier molecular flexibility index (Phi) is 3.58. The van der Waals surface area contributed by atoms with Crippen molar-refractivity contribution in [1.82, 2.24) is 14.5 Å². The zero-order valence-electron chi connectivity index (χ0n) is 13.2. The van der Waals surface area contributed by atoms with Gasteiger partial charge in [0.25, 0.3) is 0 Å². The van der Waals surface area contributed by atoms with E-state index in [-0.39, 0.29) is 30.4 Å². The fourth-order valence-corrected chi connectivity index (χ4v) is 3.18. The molecule has 1 aromatic heterocycles. The number of aryl methyl sites for hydroxylation is 1. The van der Waals surface area contributed by atoms with Gasteiger partial charge in [-0.05, 0) is 30.0 Å². The number of nitrogens with zero attached hydrogens (tertiary/aromatic N) is 2. The maximum Gasteiger partial charge on any atom is 0.329 e. The van der Waals surface area contributed by atoms with E-state index in [1.54, 1.807) is 7.05 Å². The van der Waals surface area contributed by atoms with Crippen molar-refractivity contribution in [2.45, 2.75) is 38.6 Å². The maximum absolute atomic E-state index is 14.0. The summed E-state index contributed by atoms with van der Waals surface area (Å²) in [6, 6.07) is 1.89. The van der Waals surface area contributed by atoms with E-state index in [4.69, 9.17) is 0 Å². The van der Waals surface area contributed by atoms with Gasteiger partial charge >= 0.3 is 5.69 Å². The summed E-state index contributed by atoms with van der Waals surface area (Å²) in [5.41, 5.74) is 1.33. The van der Waals surface area contributed by atoms with E-state index < -0.39 is 17.8 Å². The molecular weight excluding hydrogens is 301 g/mol. The van der Waals surface area contributed by atoms with Gasteiger partial charge in [0.2, 0.25) is 11.8 Å². The Balaban J connectivity index is 2.30. The summed E-state index contributed by atoms with van der Waals surface area (Å²) in [6.45, 7) is 3.84. The van der Waals surface area contributed by atoms with Crippen molar-refractivity contribution < 1.29 is 14.0 Å². The van der Waals surface area contributed by atoms with Crippen molar-refractivity contribution >= 4 is 22.8 Å². The molecule has 2 aromatic rings. The Bertz CT molecular complexity index is 879. The fraction of sp³-hybridized carbons (Fsp3) is 0.438. The van der Waals surface area contributed by atoms with Gasteiger partial charge in [-0.15, -0.1) is 0 Å². The van der Waals surface area contributed by atoms with Crippen LogP contribution in [0.25, 0.3) is 11.0 Å². The number of aromatic nitrogens is 2. The number of hydrogen-bond donors (Lipinski definition) is 1. The predicted molar refractivity (Wildman–Crippen MR) is 82.6 cm³/mol. The van der Waals surface area contributed by atoms with E-state index >= 15 is 0 Å². The van der Waals surface area contributed by atoms with Crippen LogP contribution in [0.4, 0.5) is 4.39 Å². The molecule has 1 aliphatic heterocycles. The van der Waals surface area contributed by atoms with E-state index in [0.717, 1.165) is 0 Å². The van der Waals surface area contributed by atoms with E-state index in [9.17, 15) is 18.8 Å². The molecule has 6 nitrogen and oxygen atoms in total. The first-order valence-corrected chi connectivity index (χ1v) is 7.55. The highest BCUT2D eigenvalue weighted by atomic mass is 19.1. The number of rotatable bonds is 2. The van der Waals surface area contributed by atoms with Crippen molar-refractivity contribution in [2.75, 3.05) is 0 Å². The third-order valence-corrected chi connectivity index (χ3v) is 4.32. The summed E-state index contributed by atoms with van der Waals surface area (Å²) < 4.78 is 16.8. The number of benzene rings is 1. The van der Waals surface area contributed by atoms with Gasteiger partial charge in [-0.3, -0.25) is 24.0 Å². The van der Waals surface area contributed by atoms with Gasteiger partial charge in [-0.2, -0.15) is 0 Å². The van der Waals surface area contributed by atoms with Crippen molar-refractivity contribution in [3.05, 3.63) is 34.0 Å². The van der Waals surface area contributed by atoms with Crippen LogP contribution < -0.4 is 11.0 Å². The minimum atomic E-state index is -0.800. The average Bonchev–Trinajstić information content (AvgIpc) is 2.71. The summed E-state index contributed by atoms with van der Waals surface area (Å²) in [7, 11) is 1.61. The summed E-state index contributed by atoms with van der Waals surface area (Å²) >= 11 is 0. The minimum Gasteiger partial charge on any atom is -0.295 e. The Morgan fingerprint density at radius 1 is 1.26 bits per heavy atom. The monoisotopic (exact) mass is 319 g/mol. The second-order valence-electron chi connectivity index (χ2n) is 6.20. The van der Waals surface area contributed by atoms with Crippen LogP contribution in [0.2, 0.25) is 0 Å². The molecular formula is C16H18FN3O3. The summed E-state index contributed by atoms with van der Waals surface area (Å²) in [4.78, 5) is 36.1. The van der Waals surface area contributed by atoms with E-state index in [1.807, 2.05) is 13.8 Å². The van der Waals surface area contributed by atoms with E-state index in [0.29, 0.717) is 16.6 Å². The number of carbonyl (C=O) groups is 2. The topological polar surface area (TPSA) is 73.1 Å². The molecule has 1 unspecified atom stereocenters. The molecule has 1 N–H and O–H groups in total. The van der Waals surface area contributed by atoms with E-state index in [1.165, 1.54) is 21.3 Å². The number of carbonyl (C=O) groups excluding carboxylic acids is 2. The number of imidazole rings is 1. The lowest BCUT2D eigenvalue weighted by molar-refractivity contribution is -0.135. The van der Waals surface area contributed by atoms with Crippen molar-refractivity contribution in [1.29, 1.82) is 0 Å². The van der Waals surface area contributed by atoms with Gasteiger partial charge in [0, 0.05) is 13.5 Å². The van der Waals surface area contributed by atoms with Crippen molar-refractivity contribution in [2.24, 2.45) is 7.05 Å². The van der Waals surface area contributed by atoms with E-state index in [2.05, 4.69) is 5.32 Å². The Morgan fingerprint density at radius 3 is 2.57 bits per heavy atom. The predicted octanol–water partition coefficient (Wildman–Crippen LogP) is 1.58. The molecule has 0 spiro atoms. The van der Waals surface area contributed by atoms with Crippen LogP contribution in [0.1, 0.15) is 44.2 Å². The number of nitrogens with one attached hydrogen (secondary N) is 1. The fourth-order valence-electron chi connectivity index (χ4n) is 3.18. The molecule has 0 radical (unpaired) electrons. The van der Waals surface area contributed by atoms with Crippen LogP contribution in [0.3, 0.4) is 0 Å². The Hall–Kier alpha value is -2.44. The second-order valence-corrected chi connectivity index (χ2v) is 6.20. The normalized spacial score (nSPS) is 18.7. The molecule has 0 aliphatic carbocycles. The van der Waals surface area contributed by atoms with Gasteiger partial charge in [0.1, 0.15) is 11.9 Å². The molecule has 1 fully saturated rings. The van der Waals surface area contributed by atoms with Gasteiger partial charge < -0.3 is 0 Å². The van der Waals surface area contributed by atoms with Crippen molar-refractivity contribution in [3.8, 4) is 0 Å². The summed E-state index contributed by atoms with van der Waals surface area (Å²) in [5, 5.41) is 2.24. The zero-order chi connectivity index (χ0) is 16.9. The molecule has 1 aromatic carbocycles. The molecule has 0 saturated carbocycles. The molecule has 7 heteroatoms. The average molecular weight is 319 g/mol. The number of halogens is 1. The standard InChI is InChI=1S/C16H18FN3O3/c1-8(2)10-6-9(17)7-12-14(10)19(3)16(23)20(12)11-4-5-13(21)18-15(11)22/h6-8,11H,4-5H2,1-3H3,(H,18,21,22). The molecule has 1 aliphatic rings. The third kappa shape index (κ3) is 2.36. The molecule has 1 atom stereocenters. The molecule has 1 saturated heterocycles. The number of piperidine rings is 1. The molecule has 2 heterocycles. The number of amides is 2. The summed E-state index contributed by atoms with van der Waals surface area (Å²) in [5.74, 6) is -1.30. The summed E-state index contributed by atoms with van der Waals surface area (Å²) in [6.07, 6.45) is 0.392. The van der Waals surface area contributed by atoms with Crippen LogP contribution >= 0.6 is 0 Å². The largest absolute Gasteiger partial charge is 0.329 e. The first kappa shape index (κ1) is 15.5. The quantitative estimate of drug-likeness (QED) is 0.854. The Labute approximate surface area is 131 Å². The number of imide groups is 1. The SMILES string of the molecule is CC(C)c1cc(F)cc2c1n(C)c(=O)n2C1CCC(=O)NC1=O. The molecule has 2 amide bonds. The number of hydrogen-bond acceptors (Lipinski definition) is 3. The number of fused-ring (bicyclic) bond motifs is 1. The molecule has 0 bridgehead atoms. The lowest BCUT2D eigenvalue weighted by Gasteiger charge is -2.22. The van der Waals surface area contributed by atoms with Gasteiger partial charge in [-0.1, -0.05) is 13.8 Å². The third-order valence-electron chi connectivity index (χ3n) is 4.32. The van der Waals surface area contributed by atoms with Crippen LogP contribution in [-0.2, 0) is 16.6 Å². The van der Waals surface area contributed by atoms with Gasteiger partial charge in [0.15, 0.2) is 0 Å². The maximum atomic E-state index is 14.0. The first-order valence-electron chi connectivity index (χ1n) is 7.55. The van der Waals surface area contributed by atoms with Gasteiger partial charge in [-0.25, -0.2) is 9.18 Å². The van der Waals surface area contributed by atoms with Crippen LogP contribution in [0.5, 0.6) is 0 Å². The lowest BCUT2D eigenvalue weighted by Crippen LogP contribution is -2.44. The molecule has 23 heavy (non-hydrogen) atoms.